The van der Waals surface area contributed by atoms with Crippen molar-refractivity contribution in [3.05, 3.63) is 11.4 Å². The van der Waals surface area contributed by atoms with Crippen LogP contribution in [0.3, 0.4) is 0 Å². The SMILES string of the molecule is CCCCCCn1nc(C)c(N)c1C. The van der Waals surface area contributed by atoms with Gasteiger partial charge >= 0.3 is 0 Å². The molecule has 0 bridgehead atoms. The Balaban J connectivity index is 2.47. The third-order valence-electron chi connectivity index (χ3n) is 2.66. The van der Waals surface area contributed by atoms with Gasteiger partial charge in [-0.2, -0.15) is 5.10 Å². The molecule has 2 N–H and O–H groups in total. The fourth-order valence-electron chi connectivity index (χ4n) is 1.62. The van der Waals surface area contributed by atoms with Crippen molar-refractivity contribution in [1.82, 2.24) is 9.78 Å². The highest BCUT2D eigenvalue weighted by atomic mass is 15.3. The van der Waals surface area contributed by atoms with Gasteiger partial charge in [-0.05, 0) is 20.3 Å². The van der Waals surface area contributed by atoms with Crippen molar-refractivity contribution in [1.29, 1.82) is 0 Å². The number of aryl methyl sites for hydroxylation is 2. The number of nitrogens with zero attached hydrogens (tertiary/aromatic N) is 2. The molecule has 0 aliphatic rings. The summed E-state index contributed by atoms with van der Waals surface area (Å²) in [6, 6.07) is 0. The summed E-state index contributed by atoms with van der Waals surface area (Å²) in [5.41, 5.74) is 8.76. The van der Waals surface area contributed by atoms with Crippen LogP contribution in [-0.4, -0.2) is 9.78 Å². The molecule has 0 amide bonds. The molecular weight excluding hydrogens is 174 g/mol. The molecule has 0 spiro atoms. The molecule has 1 heterocycles. The van der Waals surface area contributed by atoms with E-state index in [2.05, 4.69) is 12.0 Å². The summed E-state index contributed by atoms with van der Waals surface area (Å²) < 4.78 is 2.03. The average molecular weight is 195 g/mol. The smallest absolute Gasteiger partial charge is 0.0825 e. The molecule has 0 aliphatic carbocycles. The highest BCUT2D eigenvalue weighted by Crippen LogP contribution is 2.15. The third kappa shape index (κ3) is 2.50. The average Bonchev–Trinajstić information content (AvgIpc) is 2.41. The van der Waals surface area contributed by atoms with E-state index >= 15 is 0 Å². The summed E-state index contributed by atoms with van der Waals surface area (Å²) in [6.07, 6.45) is 5.08. The van der Waals surface area contributed by atoms with Gasteiger partial charge in [0.15, 0.2) is 0 Å². The zero-order chi connectivity index (χ0) is 10.6. The number of hydrogen-bond donors (Lipinski definition) is 1. The van der Waals surface area contributed by atoms with Crippen molar-refractivity contribution in [3.63, 3.8) is 0 Å². The molecule has 0 aliphatic heterocycles. The summed E-state index contributed by atoms with van der Waals surface area (Å²) in [5.74, 6) is 0. The first-order valence-corrected chi connectivity index (χ1v) is 5.46. The largest absolute Gasteiger partial charge is 0.396 e. The third-order valence-corrected chi connectivity index (χ3v) is 2.66. The lowest BCUT2D eigenvalue weighted by Crippen LogP contribution is -2.03. The summed E-state index contributed by atoms with van der Waals surface area (Å²) in [7, 11) is 0. The Kier molecular flexibility index (Phi) is 3.98. The molecule has 1 aromatic heterocycles. The van der Waals surface area contributed by atoms with E-state index in [-0.39, 0.29) is 0 Å². The van der Waals surface area contributed by atoms with Crippen LogP contribution in [-0.2, 0) is 6.54 Å². The highest BCUT2D eigenvalue weighted by molar-refractivity contribution is 5.46. The Morgan fingerprint density at radius 3 is 2.43 bits per heavy atom. The molecule has 3 nitrogen and oxygen atoms in total. The second-order valence-corrected chi connectivity index (χ2v) is 3.87. The molecule has 0 radical (unpaired) electrons. The van der Waals surface area contributed by atoms with Crippen LogP contribution in [0.5, 0.6) is 0 Å². The molecule has 0 aromatic carbocycles. The lowest BCUT2D eigenvalue weighted by Gasteiger charge is -2.03. The Labute approximate surface area is 86.3 Å². The summed E-state index contributed by atoms with van der Waals surface area (Å²) in [6.45, 7) is 7.23. The first-order chi connectivity index (χ1) is 6.66. The van der Waals surface area contributed by atoms with Crippen molar-refractivity contribution in [2.45, 2.75) is 53.0 Å². The first-order valence-electron chi connectivity index (χ1n) is 5.46. The monoisotopic (exact) mass is 195 g/mol. The van der Waals surface area contributed by atoms with E-state index in [0.29, 0.717) is 0 Å². The maximum Gasteiger partial charge on any atom is 0.0825 e. The van der Waals surface area contributed by atoms with Crippen LogP contribution in [0.2, 0.25) is 0 Å². The molecule has 80 valence electrons. The maximum absolute atomic E-state index is 5.85. The van der Waals surface area contributed by atoms with Gasteiger partial charge in [-0.3, -0.25) is 4.68 Å². The molecule has 1 rings (SSSR count). The van der Waals surface area contributed by atoms with Gasteiger partial charge in [-0.25, -0.2) is 0 Å². The van der Waals surface area contributed by atoms with Crippen LogP contribution < -0.4 is 5.73 Å². The molecular formula is C11H21N3. The van der Waals surface area contributed by atoms with E-state index in [1.807, 2.05) is 18.5 Å². The van der Waals surface area contributed by atoms with Gasteiger partial charge in [0.2, 0.25) is 0 Å². The quantitative estimate of drug-likeness (QED) is 0.734. The minimum absolute atomic E-state index is 0.848. The van der Waals surface area contributed by atoms with Crippen LogP contribution in [0.4, 0.5) is 5.69 Å². The number of nitrogens with two attached hydrogens (primary N) is 1. The second kappa shape index (κ2) is 5.03. The predicted octanol–water partition coefficient (Wildman–Crippen LogP) is 2.66. The standard InChI is InChI=1S/C11H21N3/c1-4-5-6-7-8-14-10(3)11(12)9(2)13-14/h4-8,12H2,1-3H3. The fourth-order valence-corrected chi connectivity index (χ4v) is 1.62. The predicted molar refractivity (Wildman–Crippen MR) is 60.3 cm³/mol. The van der Waals surface area contributed by atoms with E-state index < -0.39 is 0 Å². The molecule has 3 heteroatoms. The van der Waals surface area contributed by atoms with Gasteiger partial charge in [0.1, 0.15) is 0 Å². The normalized spacial score (nSPS) is 10.8. The maximum atomic E-state index is 5.85. The summed E-state index contributed by atoms with van der Waals surface area (Å²) in [4.78, 5) is 0. The Morgan fingerprint density at radius 1 is 1.21 bits per heavy atom. The highest BCUT2D eigenvalue weighted by Gasteiger charge is 2.06. The van der Waals surface area contributed by atoms with Crippen LogP contribution in [0.1, 0.15) is 44.0 Å². The molecule has 0 saturated carbocycles. The van der Waals surface area contributed by atoms with Gasteiger partial charge in [-0.1, -0.05) is 26.2 Å². The number of nitrogen functional groups attached to an aromatic ring is 1. The second-order valence-electron chi connectivity index (χ2n) is 3.87. The van der Waals surface area contributed by atoms with Crippen LogP contribution in [0.25, 0.3) is 0 Å². The van der Waals surface area contributed by atoms with Crippen LogP contribution in [0.15, 0.2) is 0 Å². The van der Waals surface area contributed by atoms with Crippen molar-refractivity contribution in [2.75, 3.05) is 5.73 Å². The van der Waals surface area contributed by atoms with E-state index in [1.165, 1.54) is 25.7 Å². The number of aromatic nitrogens is 2. The molecule has 1 aromatic rings. The van der Waals surface area contributed by atoms with E-state index in [0.717, 1.165) is 23.6 Å². The lowest BCUT2D eigenvalue weighted by molar-refractivity contribution is 0.530. The molecule has 0 fully saturated rings. The Bertz CT molecular complexity index is 289. The summed E-state index contributed by atoms with van der Waals surface area (Å²) >= 11 is 0. The van der Waals surface area contributed by atoms with E-state index in [1.54, 1.807) is 0 Å². The van der Waals surface area contributed by atoms with Gasteiger partial charge in [0.25, 0.3) is 0 Å². The first kappa shape index (κ1) is 11.1. The molecule has 0 atom stereocenters. The van der Waals surface area contributed by atoms with Gasteiger partial charge in [0.05, 0.1) is 17.1 Å². The Hall–Kier alpha value is -0.990. The van der Waals surface area contributed by atoms with Crippen LogP contribution >= 0.6 is 0 Å². The van der Waals surface area contributed by atoms with Crippen molar-refractivity contribution >= 4 is 5.69 Å². The number of anilines is 1. The fraction of sp³-hybridized carbons (Fsp3) is 0.727. The minimum Gasteiger partial charge on any atom is -0.396 e. The zero-order valence-electron chi connectivity index (χ0n) is 9.51. The Morgan fingerprint density at radius 2 is 1.93 bits per heavy atom. The van der Waals surface area contributed by atoms with Gasteiger partial charge < -0.3 is 5.73 Å². The van der Waals surface area contributed by atoms with Crippen molar-refractivity contribution < 1.29 is 0 Å². The van der Waals surface area contributed by atoms with Crippen molar-refractivity contribution in [3.8, 4) is 0 Å². The number of rotatable bonds is 5. The summed E-state index contributed by atoms with van der Waals surface area (Å²) in [5, 5.41) is 4.40. The molecule has 0 saturated heterocycles. The molecule has 0 unspecified atom stereocenters. The van der Waals surface area contributed by atoms with E-state index in [4.69, 9.17) is 5.73 Å². The number of hydrogen-bond acceptors (Lipinski definition) is 2. The number of unbranched alkanes of at least 4 members (excludes halogenated alkanes) is 3. The zero-order valence-corrected chi connectivity index (χ0v) is 9.51. The van der Waals surface area contributed by atoms with Gasteiger partial charge in [0, 0.05) is 6.54 Å². The van der Waals surface area contributed by atoms with Gasteiger partial charge in [-0.15, -0.1) is 0 Å². The van der Waals surface area contributed by atoms with Crippen LogP contribution in [0, 0.1) is 13.8 Å². The van der Waals surface area contributed by atoms with Crippen molar-refractivity contribution in [2.24, 2.45) is 0 Å². The topological polar surface area (TPSA) is 43.8 Å². The lowest BCUT2D eigenvalue weighted by atomic mass is 10.2. The van der Waals surface area contributed by atoms with E-state index in [9.17, 15) is 0 Å². The molecule has 14 heavy (non-hydrogen) atoms. The minimum atomic E-state index is 0.848.